The van der Waals surface area contributed by atoms with Crippen LogP contribution in [0.15, 0.2) is 0 Å². The first-order valence-corrected chi connectivity index (χ1v) is 7.14. The number of hydrogen-bond donors (Lipinski definition) is 1. The van der Waals surface area contributed by atoms with Gasteiger partial charge < -0.3 is 14.7 Å². The maximum absolute atomic E-state index is 12.8. The number of carbonyl (C=O) groups is 3. The van der Waals surface area contributed by atoms with E-state index in [1.54, 1.807) is 0 Å². The van der Waals surface area contributed by atoms with E-state index in [4.69, 9.17) is 5.11 Å². The van der Waals surface area contributed by atoms with Crippen molar-refractivity contribution in [2.24, 2.45) is 0 Å². The molecule has 1 rings (SSSR count). The predicted octanol–water partition coefficient (Wildman–Crippen LogP) is -0.707. The zero-order chi connectivity index (χ0) is 15.5. The lowest BCUT2D eigenvalue weighted by molar-refractivity contribution is -0.149. The minimum Gasteiger partial charge on any atom is -0.480 e. The third-order valence-corrected chi connectivity index (χ3v) is 4.14. The van der Waals surface area contributed by atoms with Crippen LogP contribution in [0, 0.1) is 0 Å². The van der Waals surface area contributed by atoms with Crippen LogP contribution in [-0.2, 0) is 29.3 Å². The first kappa shape index (κ1) is 16.3. The van der Waals surface area contributed by atoms with Gasteiger partial charge >= 0.3 is 22.2 Å². The minimum absolute atomic E-state index is 0.229. The van der Waals surface area contributed by atoms with Gasteiger partial charge in [-0.05, 0) is 6.42 Å². The summed E-state index contributed by atoms with van der Waals surface area (Å²) in [6.45, 7) is -0.532. The van der Waals surface area contributed by atoms with Gasteiger partial charge in [0.2, 0.25) is 5.91 Å². The minimum atomic E-state index is -4.91. The summed E-state index contributed by atoms with van der Waals surface area (Å²) >= 11 is 0. The monoisotopic (exact) mass is 311 g/mol. The highest BCUT2D eigenvalue weighted by Gasteiger charge is 2.43. The van der Waals surface area contributed by atoms with Crippen molar-refractivity contribution in [2.45, 2.75) is 30.6 Å². The standard InChI is InChI=1S/C10H14FNO7S/c1-19-9(14)3-2-7(10(15)16)12-5-6(4-8(12)13)20(11,17)18/h6-7H,2-5H2,1H3,(H,15,16)/t6?,7-/m0/s1. The number of carboxylic acid groups (broad SMARTS) is 1. The van der Waals surface area contributed by atoms with E-state index >= 15 is 0 Å². The lowest BCUT2D eigenvalue weighted by atomic mass is 10.1. The molecule has 1 heterocycles. The van der Waals surface area contributed by atoms with Crippen molar-refractivity contribution in [1.29, 1.82) is 0 Å². The molecule has 1 unspecified atom stereocenters. The fourth-order valence-electron chi connectivity index (χ4n) is 1.96. The SMILES string of the molecule is COC(=O)CC[C@@H](C(=O)O)N1CC(S(=O)(=O)F)CC1=O. The number of carbonyl (C=O) groups excluding carboxylic acids is 2. The van der Waals surface area contributed by atoms with Gasteiger partial charge in [-0.3, -0.25) is 9.59 Å². The Bertz CT molecular complexity index is 518. The molecule has 1 amide bonds. The van der Waals surface area contributed by atoms with E-state index in [0.29, 0.717) is 0 Å². The largest absolute Gasteiger partial charge is 0.480 e. The number of ether oxygens (including phenoxy) is 1. The second-order valence-corrected chi connectivity index (χ2v) is 5.93. The van der Waals surface area contributed by atoms with Crippen LogP contribution in [0.2, 0.25) is 0 Å². The molecule has 114 valence electrons. The number of rotatable bonds is 6. The Kier molecular flexibility index (Phi) is 5.03. The van der Waals surface area contributed by atoms with E-state index in [-0.39, 0.29) is 12.8 Å². The molecule has 1 N–H and O–H groups in total. The smallest absolute Gasteiger partial charge is 0.326 e. The number of methoxy groups -OCH3 is 1. The summed E-state index contributed by atoms with van der Waals surface area (Å²) in [4.78, 5) is 34.5. The van der Waals surface area contributed by atoms with Crippen LogP contribution in [0.25, 0.3) is 0 Å². The highest BCUT2D eigenvalue weighted by atomic mass is 32.3. The van der Waals surface area contributed by atoms with Crippen molar-refractivity contribution < 1.29 is 36.5 Å². The number of amides is 1. The lowest BCUT2D eigenvalue weighted by Gasteiger charge is -2.23. The maximum atomic E-state index is 12.8. The number of esters is 1. The van der Waals surface area contributed by atoms with Gasteiger partial charge in [-0.2, -0.15) is 8.42 Å². The van der Waals surface area contributed by atoms with Crippen molar-refractivity contribution in [3.8, 4) is 0 Å². The molecule has 10 heteroatoms. The van der Waals surface area contributed by atoms with Crippen LogP contribution in [-0.4, -0.2) is 61.2 Å². The van der Waals surface area contributed by atoms with Gasteiger partial charge in [0.1, 0.15) is 11.3 Å². The molecule has 0 aromatic heterocycles. The Morgan fingerprint density at radius 2 is 2.15 bits per heavy atom. The third kappa shape index (κ3) is 3.89. The molecule has 8 nitrogen and oxygen atoms in total. The summed E-state index contributed by atoms with van der Waals surface area (Å²) in [7, 11) is -3.78. The topological polar surface area (TPSA) is 118 Å². The van der Waals surface area contributed by atoms with E-state index in [0.717, 1.165) is 12.0 Å². The van der Waals surface area contributed by atoms with Crippen LogP contribution in [0.5, 0.6) is 0 Å². The van der Waals surface area contributed by atoms with Crippen molar-refractivity contribution in [1.82, 2.24) is 4.90 Å². The van der Waals surface area contributed by atoms with Crippen molar-refractivity contribution in [3.05, 3.63) is 0 Å². The summed E-state index contributed by atoms with van der Waals surface area (Å²) in [5.74, 6) is -2.81. The van der Waals surface area contributed by atoms with Gasteiger partial charge in [0.25, 0.3) is 0 Å². The lowest BCUT2D eigenvalue weighted by Crippen LogP contribution is -2.43. The molecule has 2 atom stereocenters. The Hall–Kier alpha value is -1.71. The number of nitrogens with zero attached hydrogens (tertiary/aromatic N) is 1. The Morgan fingerprint density at radius 1 is 1.55 bits per heavy atom. The molecular weight excluding hydrogens is 297 g/mol. The van der Waals surface area contributed by atoms with Gasteiger partial charge in [-0.15, -0.1) is 3.89 Å². The fraction of sp³-hybridized carbons (Fsp3) is 0.700. The first-order chi connectivity index (χ1) is 9.16. The van der Waals surface area contributed by atoms with Crippen molar-refractivity contribution >= 4 is 28.1 Å². The van der Waals surface area contributed by atoms with E-state index in [9.17, 15) is 26.7 Å². The van der Waals surface area contributed by atoms with E-state index in [1.165, 1.54) is 0 Å². The highest BCUT2D eigenvalue weighted by molar-refractivity contribution is 7.87. The van der Waals surface area contributed by atoms with Gasteiger partial charge in [-0.1, -0.05) is 0 Å². The quantitative estimate of drug-likeness (QED) is 0.508. The molecule has 20 heavy (non-hydrogen) atoms. The third-order valence-electron chi connectivity index (χ3n) is 3.03. The molecule has 0 spiro atoms. The molecule has 1 saturated heterocycles. The second-order valence-electron chi connectivity index (χ2n) is 4.32. The molecule has 1 aliphatic rings. The molecule has 0 bridgehead atoms. The second kappa shape index (κ2) is 6.16. The summed E-state index contributed by atoms with van der Waals surface area (Å²) in [6, 6.07) is -1.38. The number of aliphatic carboxylic acids is 1. The molecule has 1 fully saturated rings. The maximum Gasteiger partial charge on any atom is 0.326 e. The number of hydrogen-bond acceptors (Lipinski definition) is 6. The van der Waals surface area contributed by atoms with Gasteiger partial charge in [0.15, 0.2) is 0 Å². The normalized spacial score (nSPS) is 20.8. The molecule has 1 aliphatic heterocycles. The summed E-state index contributed by atoms with van der Waals surface area (Å²) in [5, 5.41) is 7.48. The van der Waals surface area contributed by atoms with Crippen LogP contribution in [0.1, 0.15) is 19.3 Å². The molecular formula is C10H14FNO7S. The molecule has 0 aromatic carbocycles. The van der Waals surface area contributed by atoms with Crippen LogP contribution in [0.3, 0.4) is 0 Å². The molecule has 0 aromatic rings. The van der Waals surface area contributed by atoms with Crippen LogP contribution >= 0.6 is 0 Å². The number of carboxylic acids is 1. The summed E-state index contributed by atoms with van der Waals surface area (Å²) in [5.41, 5.74) is 0. The van der Waals surface area contributed by atoms with Crippen molar-refractivity contribution in [2.75, 3.05) is 13.7 Å². The zero-order valence-corrected chi connectivity index (χ0v) is 11.4. The Labute approximate surface area is 114 Å². The number of likely N-dealkylation sites (tertiary alicyclic amines) is 1. The van der Waals surface area contributed by atoms with Crippen LogP contribution < -0.4 is 0 Å². The Balaban J connectivity index is 2.80. The van der Waals surface area contributed by atoms with Gasteiger partial charge in [0, 0.05) is 19.4 Å². The average molecular weight is 311 g/mol. The van der Waals surface area contributed by atoms with Gasteiger partial charge in [-0.25, -0.2) is 4.79 Å². The van der Waals surface area contributed by atoms with E-state index in [2.05, 4.69) is 4.74 Å². The van der Waals surface area contributed by atoms with E-state index < -0.39 is 52.3 Å². The Morgan fingerprint density at radius 3 is 2.55 bits per heavy atom. The summed E-state index contributed by atoms with van der Waals surface area (Å²) < 4.78 is 38.7. The fourth-order valence-corrected chi connectivity index (χ4v) is 2.64. The zero-order valence-electron chi connectivity index (χ0n) is 10.6. The molecule has 0 saturated carbocycles. The first-order valence-electron chi connectivity index (χ1n) is 5.69. The van der Waals surface area contributed by atoms with E-state index in [1.807, 2.05) is 0 Å². The van der Waals surface area contributed by atoms with Crippen molar-refractivity contribution in [3.63, 3.8) is 0 Å². The summed E-state index contributed by atoms with van der Waals surface area (Å²) in [6.07, 6.45) is -1.07. The average Bonchev–Trinajstić information content (AvgIpc) is 2.71. The predicted molar refractivity (Wildman–Crippen MR) is 62.8 cm³/mol. The molecule has 0 radical (unpaired) electrons. The molecule has 0 aliphatic carbocycles. The number of halogens is 1. The van der Waals surface area contributed by atoms with Gasteiger partial charge in [0.05, 0.1) is 7.11 Å². The van der Waals surface area contributed by atoms with Crippen LogP contribution in [0.4, 0.5) is 3.89 Å². The highest BCUT2D eigenvalue weighted by Crippen LogP contribution is 2.23.